The Morgan fingerprint density at radius 2 is 1.61 bits per heavy atom. The molecular formula is C22H18ClF3N2O4S. The van der Waals surface area contributed by atoms with Crippen LogP contribution >= 0.6 is 11.6 Å². The molecule has 0 heterocycles. The number of ether oxygens (including phenoxy) is 1. The molecule has 0 spiro atoms. The Morgan fingerprint density at radius 3 is 2.21 bits per heavy atom. The summed E-state index contributed by atoms with van der Waals surface area (Å²) in [7, 11) is -4.15. The van der Waals surface area contributed by atoms with Crippen LogP contribution in [-0.4, -0.2) is 20.4 Å². The Bertz CT molecular complexity index is 1230. The number of anilines is 2. The second kappa shape index (κ2) is 9.72. The number of nitrogens with one attached hydrogen (secondary N) is 2. The number of sulfonamides is 1. The number of halogens is 4. The van der Waals surface area contributed by atoms with E-state index in [-0.39, 0.29) is 10.6 Å². The van der Waals surface area contributed by atoms with Crippen molar-refractivity contribution in [2.24, 2.45) is 0 Å². The first kappa shape index (κ1) is 24.4. The van der Waals surface area contributed by atoms with E-state index >= 15 is 0 Å². The number of benzene rings is 3. The first-order valence-electron chi connectivity index (χ1n) is 9.47. The van der Waals surface area contributed by atoms with Crippen molar-refractivity contribution >= 4 is 38.9 Å². The highest BCUT2D eigenvalue weighted by molar-refractivity contribution is 7.92. The standard InChI is InChI=1S/C22H18ClF3N2O4S/c1-14(32-19-9-5-16(23)6-10-19)21(29)27-17-7-11-20(12-8-17)33(30,31)28-18-4-2-3-15(13-18)22(24,25)26/h2-14,28H,1H3,(H,27,29)/t14-/m0/s1. The van der Waals surface area contributed by atoms with Crippen molar-refractivity contribution in [1.82, 2.24) is 0 Å². The lowest BCUT2D eigenvalue weighted by Crippen LogP contribution is -2.30. The molecular weight excluding hydrogens is 481 g/mol. The van der Waals surface area contributed by atoms with Crippen LogP contribution in [0, 0.1) is 0 Å². The van der Waals surface area contributed by atoms with E-state index in [1.807, 2.05) is 0 Å². The third kappa shape index (κ3) is 6.62. The van der Waals surface area contributed by atoms with Gasteiger partial charge in [0, 0.05) is 16.4 Å². The molecule has 1 amide bonds. The molecule has 11 heteroatoms. The molecule has 2 N–H and O–H groups in total. The molecule has 174 valence electrons. The Balaban J connectivity index is 1.65. The summed E-state index contributed by atoms with van der Waals surface area (Å²) >= 11 is 5.81. The summed E-state index contributed by atoms with van der Waals surface area (Å²) in [6, 6.07) is 15.5. The molecule has 0 saturated carbocycles. The molecule has 0 bridgehead atoms. The average Bonchev–Trinajstić information content (AvgIpc) is 2.75. The van der Waals surface area contributed by atoms with Gasteiger partial charge in [-0.3, -0.25) is 9.52 Å². The molecule has 0 saturated heterocycles. The molecule has 0 fully saturated rings. The predicted molar refractivity (Wildman–Crippen MR) is 119 cm³/mol. The Kier molecular flexibility index (Phi) is 7.19. The fourth-order valence-corrected chi connectivity index (χ4v) is 3.88. The minimum Gasteiger partial charge on any atom is -0.481 e. The maximum atomic E-state index is 12.8. The van der Waals surface area contributed by atoms with Crippen molar-refractivity contribution in [1.29, 1.82) is 0 Å². The van der Waals surface area contributed by atoms with Gasteiger partial charge in [-0.05, 0) is 73.7 Å². The third-order valence-corrected chi connectivity index (χ3v) is 6.02. The number of hydrogen-bond acceptors (Lipinski definition) is 4. The van der Waals surface area contributed by atoms with Crippen LogP contribution in [0.15, 0.2) is 77.7 Å². The van der Waals surface area contributed by atoms with Gasteiger partial charge in [-0.15, -0.1) is 0 Å². The second-order valence-corrected chi connectivity index (χ2v) is 9.03. The van der Waals surface area contributed by atoms with Gasteiger partial charge in [-0.1, -0.05) is 17.7 Å². The van der Waals surface area contributed by atoms with Crippen LogP contribution in [0.4, 0.5) is 24.5 Å². The van der Waals surface area contributed by atoms with Gasteiger partial charge in [0.25, 0.3) is 15.9 Å². The van der Waals surface area contributed by atoms with E-state index < -0.39 is 33.8 Å². The summed E-state index contributed by atoms with van der Waals surface area (Å²) in [5, 5.41) is 3.12. The number of carbonyl (C=O) groups is 1. The van der Waals surface area contributed by atoms with Crippen LogP contribution in [0.5, 0.6) is 5.75 Å². The quantitative estimate of drug-likeness (QED) is 0.446. The molecule has 0 radical (unpaired) electrons. The highest BCUT2D eigenvalue weighted by atomic mass is 35.5. The van der Waals surface area contributed by atoms with E-state index in [4.69, 9.17) is 16.3 Å². The summed E-state index contributed by atoms with van der Waals surface area (Å²) in [6.07, 6.45) is -5.45. The predicted octanol–water partition coefficient (Wildman–Crippen LogP) is 5.57. The van der Waals surface area contributed by atoms with Crippen LogP contribution in [0.3, 0.4) is 0 Å². The Labute approximate surface area is 193 Å². The van der Waals surface area contributed by atoms with E-state index in [9.17, 15) is 26.4 Å². The molecule has 0 aliphatic carbocycles. The number of hydrogen-bond donors (Lipinski definition) is 2. The van der Waals surface area contributed by atoms with E-state index in [1.54, 1.807) is 31.2 Å². The van der Waals surface area contributed by atoms with Crippen molar-refractivity contribution in [3.05, 3.63) is 83.4 Å². The molecule has 3 aromatic carbocycles. The Hall–Kier alpha value is -3.24. The molecule has 3 rings (SSSR count). The van der Waals surface area contributed by atoms with E-state index in [2.05, 4.69) is 10.0 Å². The number of carbonyl (C=O) groups excluding carboxylic acids is 1. The number of alkyl halides is 3. The normalized spacial score (nSPS) is 12.6. The first-order valence-corrected chi connectivity index (χ1v) is 11.3. The smallest absolute Gasteiger partial charge is 0.416 e. The monoisotopic (exact) mass is 498 g/mol. The summed E-state index contributed by atoms with van der Waals surface area (Å²) < 4.78 is 71.2. The molecule has 0 aliphatic heterocycles. The summed E-state index contributed by atoms with van der Waals surface area (Å²) in [5.41, 5.74) is -0.893. The van der Waals surface area contributed by atoms with Crippen LogP contribution in [0.25, 0.3) is 0 Å². The van der Waals surface area contributed by atoms with Crippen LogP contribution in [-0.2, 0) is 21.0 Å². The van der Waals surface area contributed by atoms with Crippen molar-refractivity contribution in [3.63, 3.8) is 0 Å². The van der Waals surface area contributed by atoms with Crippen LogP contribution in [0.2, 0.25) is 5.02 Å². The van der Waals surface area contributed by atoms with Crippen molar-refractivity contribution in [2.45, 2.75) is 24.1 Å². The zero-order valence-electron chi connectivity index (χ0n) is 17.1. The Morgan fingerprint density at radius 1 is 0.970 bits per heavy atom. The highest BCUT2D eigenvalue weighted by Crippen LogP contribution is 2.31. The van der Waals surface area contributed by atoms with E-state index in [1.165, 1.54) is 30.3 Å². The minimum atomic E-state index is -4.60. The lowest BCUT2D eigenvalue weighted by atomic mass is 10.2. The average molecular weight is 499 g/mol. The van der Waals surface area contributed by atoms with E-state index in [0.29, 0.717) is 22.5 Å². The number of rotatable bonds is 7. The lowest BCUT2D eigenvalue weighted by molar-refractivity contribution is -0.137. The SMILES string of the molecule is C[C@H](Oc1ccc(Cl)cc1)C(=O)Nc1ccc(S(=O)(=O)Nc2cccc(C(F)(F)F)c2)cc1. The molecule has 1 atom stereocenters. The van der Waals surface area contributed by atoms with Gasteiger partial charge in [-0.2, -0.15) is 13.2 Å². The second-order valence-electron chi connectivity index (χ2n) is 6.91. The van der Waals surface area contributed by atoms with E-state index in [0.717, 1.165) is 12.1 Å². The fraction of sp³-hybridized carbons (Fsp3) is 0.136. The fourth-order valence-electron chi connectivity index (χ4n) is 2.71. The molecule has 0 unspecified atom stereocenters. The van der Waals surface area contributed by atoms with Crippen LogP contribution < -0.4 is 14.8 Å². The molecule has 33 heavy (non-hydrogen) atoms. The van der Waals surface area contributed by atoms with Gasteiger partial charge < -0.3 is 10.1 Å². The largest absolute Gasteiger partial charge is 0.481 e. The zero-order valence-corrected chi connectivity index (χ0v) is 18.6. The van der Waals surface area contributed by atoms with Gasteiger partial charge in [0.1, 0.15) is 5.75 Å². The maximum absolute atomic E-state index is 12.8. The lowest BCUT2D eigenvalue weighted by Gasteiger charge is -2.15. The summed E-state index contributed by atoms with van der Waals surface area (Å²) in [5.74, 6) is -0.0215. The van der Waals surface area contributed by atoms with Crippen molar-refractivity contribution in [2.75, 3.05) is 10.0 Å². The molecule has 3 aromatic rings. The van der Waals surface area contributed by atoms with Gasteiger partial charge in [-0.25, -0.2) is 8.42 Å². The number of amides is 1. The van der Waals surface area contributed by atoms with Gasteiger partial charge >= 0.3 is 6.18 Å². The highest BCUT2D eigenvalue weighted by Gasteiger charge is 2.30. The van der Waals surface area contributed by atoms with Crippen molar-refractivity contribution in [3.8, 4) is 5.75 Å². The van der Waals surface area contributed by atoms with Crippen molar-refractivity contribution < 1.29 is 31.1 Å². The third-order valence-electron chi connectivity index (χ3n) is 4.37. The minimum absolute atomic E-state index is 0.191. The first-order chi connectivity index (χ1) is 15.4. The maximum Gasteiger partial charge on any atom is 0.416 e. The summed E-state index contributed by atoms with van der Waals surface area (Å²) in [4.78, 5) is 12.1. The molecule has 6 nitrogen and oxygen atoms in total. The van der Waals surface area contributed by atoms with Gasteiger partial charge in [0.05, 0.1) is 10.5 Å². The molecule has 0 aromatic heterocycles. The summed E-state index contributed by atoms with van der Waals surface area (Å²) in [6.45, 7) is 1.54. The van der Waals surface area contributed by atoms with Gasteiger partial charge in [0.15, 0.2) is 6.10 Å². The zero-order chi connectivity index (χ0) is 24.2. The topological polar surface area (TPSA) is 84.5 Å². The van der Waals surface area contributed by atoms with Crippen LogP contribution in [0.1, 0.15) is 12.5 Å². The van der Waals surface area contributed by atoms with Gasteiger partial charge in [0.2, 0.25) is 0 Å². The molecule has 0 aliphatic rings.